The summed E-state index contributed by atoms with van der Waals surface area (Å²) in [5, 5.41) is 0.920. The van der Waals surface area contributed by atoms with Crippen molar-refractivity contribution < 1.29 is 31.1 Å². The maximum atomic E-state index is 15.2. The van der Waals surface area contributed by atoms with Crippen LogP contribution >= 0.6 is 0 Å². The zero-order chi connectivity index (χ0) is 26.5. The zero-order valence-electron chi connectivity index (χ0n) is 20.0. The second-order valence-corrected chi connectivity index (χ2v) is 8.66. The predicted molar refractivity (Wildman–Crippen MR) is 133 cm³/mol. The Kier molecular flexibility index (Phi) is 8.21. The molecule has 0 aliphatic carbocycles. The van der Waals surface area contributed by atoms with E-state index >= 15 is 4.39 Å². The summed E-state index contributed by atoms with van der Waals surface area (Å²) in [6.45, 7) is -1.42. The molecule has 0 aromatic heterocycles. The lowest BCUT2D eigenvalue weighted by Gasteiger charge is -2.11. The summed E-state index contributed by atoms with van der Waals surface area (Å²) >= 11 is 0. The lowest BCUT2D eigenvalue weighted by atomic mass is 9.96. The van der Waals surface area contributed by atoms with Crippen LogP contribution in [-0.2, 0) is 19.3 Å². The van der Waals surface area contributed by atoms with Crippen LogP contribution in [0.2, 0.25) is 0 Å². The zero-order valence-corrected chi connectivity index (χ0v) is 20.0. The number of hydrogen-bond donors (Lipinski definition) is 0. The standard InChI is InChI=1S/C30H24F6O/c1-2-3-4-5-18-7-12-23(25(31)14-18)21-11-13-24-22(17-21)10-9-20(28(24)34)8-6-19-15-26(32)29(27(33)16-19)37-30(35)36/h2-3,7,9-17,30H,4-6,8H2,1H3/b3-2+. The van der Waals surface area contributed by atoms with Crippen molar-refractivity contribution in [3.63, 3.8) is 0 Å². The van der Waals surface area contributed by atoms with Crippen molar-refractivity contribution >= 4 is 10.8 Å². The number of allylic oxidation sites excluding steroid dienone is 2. The number of fused-ring (bicyclic) bond motifs is 1. The molecule has 0 aliphatic heterocycles. The van der Waals surface area contributed by atoms with Gasteiger partial charge in [-0.25, -0.2) is 17.6 Å². The molecule has 37 heavy (non-hydrogen) atoms. The van der Waals surface area contributed by atoms with Crippen LogP contribution < -0.4 is 4.74 Å². The van der Waals surface area contributed by atoms with E-state index in [1.165, 1.54) is 6.07 Å². The topological polar surface area (TPSA) is 9.23 Å². The fourth-order valence-corrected chi connectivity index (χ4v) is 4.30. The first kappa shape index (κ1) is 26.3. The molecule has 0 aliphatic rings. The Labute approximate surface area is 211 Å². The molecule has 0 unspecified atom stereocenters. The van der Waals surface area contributed by atoms with Crippen LogP contribution in [0.3, 0.4) is 0 Å². The molecule has 0 radical (unpaired) electrons. The highest BCUT2D eigenvalue weighted by Crippen LogP contribution is 2.31. The lowest BCUT2D eigenvalue weighted by Crippen LogP contribution is -2.06. The molecule has 7 heteroatoms. The Hall–Kier alpha value is -3.74. The fourth-order valence-electron chi connectivity index (χ4n) is 4.30. The monoisotopic (exact) mass is 514 g/mol. The smallest absolute Gasteiger partial charge is 0.387 e. The third kappa shape index (κ3) is 6.16. The molecule has 0 saturated carbocycles. The average molecular weight is 515 g/mol. The quantitative estimate of drug-likeness (QED) is 0.160. The van der Waals surface area contributed by atoms with E-state index in [0.717, 1.165) is 30.5 Å². The highest BCUT2D eigenvalue weighted by atomic mass is 19.3. The Balaban J connectivity index is 1.53. The van der Waals surface area contributed by atoms with E-state index in [1.54, 1.807) is 36.4 Å². The van der Waals surface area contributed by atoms with E-state index < -0.39 is 29.8 Å². The molecule has 4 aromatic carbocycles. The molecule has 1 nitrogen and oxygen atoms in total. The van der Waals surface area contributed by atoms with Gasteiger partial charge in [-0.3, -0.25) is 0 Å². The summed E-state index contributed by atoms with van der Waals surface area (Å²) in [4.78, 5) is 0. The first-order chi connectivity index (χ1) is 17.8. The van der Waals surface area contributed by atoms with Crippen LogP contribution in [0.15, 0.2) is 72.8 Å². The molecule has 0 saturated heterocycles. The number of halogens is 6. The van der Waals surface area contributed by atoms with Crippen LogP contribution in [0.5, 0.6) is 5.75 Å². The second kappa shape index (κ2) is 11.5. The van der Waals surface area contributed by atoms with Gasteiger partial charge in [-0.05, 0) is 84.5 Å². The molecule has 4 rings (SSSR count). The molecular formula is C30H24F6O. The van der Waals surface area contributed by atoms with Crippen molar-refractivity contribution in [1.82, 2.24) is 0 Å². The third-order valence-electron chi connectivity index (χ3n) is 6.16. The molecule has 0 N–H and O–H groups in total. The van der Waals surface area contributed by atoms with Crippen molar-refractivity contribution in [2.45, 2.75) is 39.2 Å². The SMILES string of the molecule is C/C=C/CCc1ccc(-c2ccc3c(F)c(CCc4cc(F)c(OC(F)F)c(F)c4)ccc3c2)c(F)c1. The van der Waals surface area contributed by atoms with Crippen molar-refractivity contribution in [3.8, 4) is 16.9 Å². The Morgan fingerprint density at radius 2 is 1.49 bits per heavy atom. The number of ether oxygens (including phenoxy) is 1. The number of benzene rings is 4. The number of aryl methyl sites for hydroxylation is 3. The summed E-state index contributed by atoms with van der Waals surface area (Å²) < 4.78 is 86.5. The Morgan fingerprint density at radius 1 is 0.757 bits per heavy atom. The maximum Gasteiger partial charge on any atom is 0.387 e. The highest BCUT2D eigenvalue weighted by Gasteiger charge is 2.17. The summed E-state index contributed by atoms with van der Waals surface area (Å²) in [5.74, 6) is -4.48. The lowest BCUT2D eigenvalue weighted by molar-refractivity contribution is -0.0546. The van der Waals surface area contributed by atoms with Gasteiger partial charge in [0.15, 0.2) is 17.4 Å². The van der Waals surface area contributed by atoms with Gasteiger partial charge in [-0.1, -0.05) is 48.6 Å². The minimum absolute atomic E-state index is 0.0783. The minimum atomic E-state index is -3.36. The van der Waals surface area contributed by atoms with E-state index in [1.807, 2.05) is 25.1 Å². The molecule has 192 valence electrons. The largest absolute Gasteiger partial charge is 0.429 e. The van der Waals surface area contributed by atoms with Gasteiger partial charge < -0.3 is 4.74 Å². The third-order valence-corrected chi connectivity index (χ3v) is 6.16. The first-order valence-electron chi connectivity index (χ1n) is 11.8. The van der Waals surface area contributed by atoms with Gasteiger partial charge >= 0.3 is 6.61 Å². The van der Waals surface area contributed by atoms with E-state index in [2.05, 4.69) is 4.74 Å². The van der Waals surface area contributed by atoms with Gasteiger partial charge in [0.05, 0.1) is 0 Å². The summed E-state index contributed by atoms with van der Waals surface area (Å²) in [5.41, 5.74) is 2.44. The summed E-state index contributed by atoms with van der Waals surface area (Å²) in [6.07, 6.45) is 5.75. The number of hydrogen-bond acceptors (Lipinski definition) is 1. The van der Waals surface area contributed by atoms with Crippen LogP contribution in [-0.4, -0.2) is 6.61 Å². The van der Waals surface area contributed by atoms with E-state index in [0.29, 0.717) is 27.5 Å². The van der Waals surface area contributed by atoms with Gasteiger partial charge in [0, 0.05) is 10.9 Å². The number of rotatable bonds is 9. The van der Waals surface area contributed by atoms with Crippen LogP contribution in [0.4, 0.5) is 26.3 Å². The Bertz CT molecular complexity index is 1420. The average Bonchev–Trinajstić information content (AvgIpc) is 2.86. The van der Waals surface area contributed by atoms with E-state index in [9.17, 15) is 22.0 Å². The molecule has 0 spiro atoms. The van der Waals surface area contributed by atoms with Crippen LogP contribution in [0, 0.1) is 23.3 Å². The van der Waals surface area contributed by atoms with Crippen molar-refractivity contribution in [2.24, 2.45) is 0 Å². The van der Waals surface area contributed by atoms with Gasteiger partial charge in [-0.2, -0.15) is 8.78 Å². The van der Waals surface area contributed by atoms with E-state index in [4.69, 9.17) is 0 Å². The van der Waals surface area contributed by atoms with E-state index in [-0.39, 0.29) is 24.2 Å². The van der Waals surface area contributed by atoms with Crippen molar-refractivity contribution in [2.75, 3.05) is 0 Å². The molecule has 4 aromatic rings. The van der Waals surface area contributed by atoms with Gasteiger partial charge in [0.1, 0.15) is 11.6 Å². The van der Waals surface area contributed by atoms with Crippen molar-refractivity contribution in [1.29, 1.82) is 0 Å². The Morgan fingerprint density at radius 3 is 2.16 bits per heavy atom. The van der Waals surface area contributed by atoms with Crippen molar-refractivity contribution in [3.05, 3.63) is 113 Å². The van der Waals surface area contributed by atoms with Gasteiger partial charge in [-0.15, -0.1) is 0 Å². The van der Waals surface area contributed by atoms with Gasteiger partial charge in [0.2, 0.25) is 0 Å². The molecule has 0 heterocycles. The molecule has 0 fully saturated rings. The second-order valence-electron chi connectivity index (χ2n) is 8.66. The molecular weight excluding hydrogens is 490 g/mol. The molecule has 0 atom stereocenters. The van der Waals surface area contributed by atoms with Crippen LogP contribution in [0.25, 0.3) is 21.9 Å². The highest BCUT2D eigenvalue weighted by molar-refractivity contribution is 5.88. The molecule has 0 bridgehead atoms. The van der Waals surface area contributed by atoms with Crippen LogP contribution in [0.1, 0.15) is 30.0 Å². The number of alkyl halides is 2. The predicted octanol–water partition coefficient (Wildman–Crippen LogP) is 8.96. The fraction of sp³-hybridized carbons (Fsp3) is 0.200. The normalized spacial score (nSPS) is 11.7. The summed E-state index contributed by atoms with van der Waals surface area (Å²) in [6, 6.07) is 15.1. The van der Waals surface area contributed by atoms with Gasteiger partial charge in [0.25, 0.3) is 0 Å². The first-order valence-corrected chi connectivity index (χ1v) is 11.8. The summed E-state index contributed by atoms with van der Waals surface area (Å²) in [7, 11) is 0. The molecule has 0 amide bonds. The maximum absolute atomic E-state index is 15.2. The minimum Gasteiger partial charge on any atom is -0.429 e.